The van der Waals surface area contributed by atoms with Crippen LogP contribution in [-0.2, 0) is 6.61 Å². The fourth-order valence-corrected chi connectivity index (χ4v) is 1.39. The van der Waals surface area contributed by atoms with E-state index < -0.39 is 6.10 Å². The third-order valence-corrected chi connectivity index (χ3v) is 2.30. The zero-order valence-corrected chi connectivity index (χ0v) is 9.75. The number of aryl methyl sites for hydroxylation is 1. The van der Waals surface area contributed by atoms with E-state index in [1.807, 2.05) is 12.1 Å². The Bertz CT molecular complexity index is 477. The van der Waals surface area contributed by atoms with Crippen molar-refractivity contribution in [2.45, 2.75) is 26.6 Å². The van der Waals surface area contributed by atoms with Gasteiger partial charge in [0.1, 0.15) is 5.75 Å². The van der Waals surface area contributed by atoms with Crippen molar-refractivity contribution in [1.82, 2.24) is 10.1 Å². The summed E-state index contributed by atoms with van der Waals surface area (Å²) in [7, 11) is 0. The van der Waals surface area contributed by atoms with Gasteiger partial charge in [-0.2, -0.15) is 4.98 Å². The predicted molar refractivity (Wildman–Crippen MR) is 60.4 cm³/mol. The number of ether oxygens (including phenoxy) is 1. The molecular formula is C12H14N2O3. The Morgan fingerprint density at radius 3 is 2.59 bits per heavy atom. The van der Waals surface area contributed by atoms with Gasteiger partial charge in [0.15, 0.2) is 6.61 Å². The minimum Gasteiger partial charge on any atom is -0.485 e. The van der Waals surface area contributed by atoms with Gasteiger partial charge >= 0.3 is 0 Å². The van der Waals surface area contributed by atoms with E-state index in [1.54, 1.807) is 26.0 Å². The Morgan fingerprint density at radius 2 is 2.06 bits per heavy atom. The third-order valence-electron chi connectivity index (χ3n) is 2.30. The van der Waals surface area contributed by atoms with Crippen molar-refractivity contribution in [3.8, 4) is 5.75 Å². The molecule has 17 heavy (non-hydrogen) atoms. The fourth-order valence-electron chi connectivity index (χ4n) is 1.39. The molecule has 0 unspecified atom stereocenters. The lowest BCUT2D eigenvalue weighted by Crippen LogP contribution is -1.98. The van der Waals surface area contributed by atoms with E-state index in [9.17, 15) is 5.11 Å². The Hall–Kier alpha value is -1.88. The van der Waals surface area contributed by atoms with Crippen LogP contribution in [0.2, 0.25) is 0 Å². The number of aromatic nitrogens is 2. The molecule has 0 aliphatic carbocycles. The van der Waals surface area contributed by atoms with E-state index in [-0.39, 0.29) is 6.61 Å². The van der Waals surface area contributed by atoms with E-state index in [0.717, 1.165) is 5.56 Å². The first-order chi connectivity index (χ1) is 8.15. The second kappa shape index (κ2) is 4.97. The highest BCUT2D eigenvalue weighted by atomic mass is 16.5. The molecule has 5 heteroatoms. The Kier molecular flexibility index (Phi) is 3.39. The lowest BCUT2D eigenvalue weighted by atomic mass is 10.1. The molecule has 0 amide bonds. The summed E-state index contributed by atoms with van der Waals surface area (Å²) in [5.41, 5.74) is 0.854. The van der Waals surface area contributed by atoms with Gasteiger partial charge in [0.25, 0.3) is 0 Å². The summed E-state index contributed by atoms with van der Waals surface area (Å²) in [5, 5.41) is 13.1. The molecule has 1 atom stereocenters. The fraction of sp³-hybridized carbons (Fsp3) is 0.333. The first-order valence-electron chi connectivity index (χ1n) is 5.35. The molecule has 1 aromatic heterocycles. The standard InChI is InChI=1S/C12H14N2O3/c1-8(15)10-3-5-11(6-4-10)16-7-12-13-9(2)17-14-12/h3-6,8,15H,7H2,1-2H3/t8-/m1/s1. The minimum atomic E-state index is -0.469. The molecule has 90 valence electrons. The van der Waals surface area contributed by atoms with Gasteiger partial charge in [0, 0.05) is 6.92 Å². The van der Waals surface area contributed by atoms with Gasteiger partial charge in [-0.15, -0.1) is 0 Å². The number of rotatable bonds is 4. The number of benzene rings is 1. The van der Waals surface area contributed by atoms with Crippen LogP contribution in [0.4, 0.5) is 0 Å². The molecule has 0 saturated carbocycles. The molecular weight excluding hydrogens is 220 g/mol. The van der Waals surface area contributed by atoms with Crippen LogP contribution >= 0.6 is 0 Å². The highest BCUT2D eigenvalue weighted by Crippen LogP contribution is 2.17. The predicted octanol–water partition coefficient (Wildman–Crippen LogP) is 2.01. The summed E-state index contributed by atoms with van der Waals surface area (Å²) in [4.78, 5) is 4.03. The van der Waals surface area contributed by atoms with Crippen LogP contribution in [-0.4, -0.2) is 15.2 Å². The van der Waals surface area contributed by atoms with Gasteiger partial charge in [-0.05, 0) is 24.6 Å². The SMILES string of the molecule is Cc1nc(COc2ccc([C@@H](C)O)cc2)no1. The summed E-state index contributed by atoms with van der Waals surface area (Å²) >= 11 is 0. The molecule has 2 rings (SSSR count). The molecule has 2 aromatic rings. The molecule has 0 aliphatic rings. The van der Waals surface area contributed by atoms with E-state index >= 15 is 0 Å². The first-order valence-corrected chi connectivity index (χ1v) is 5.35. The lowest BCUT2D eigenvalue weighted by Gasteiger charge is -2.06. The van der Waals surface area contributed by atoms with Crippen LogP contribution in [0.25, 0.3) is 0 Å². The highest BCUT2D eigenvalue weighted by molar-refractivity contribution is 5.28. The van der Waals surface area contributed by atoms with Crippen molar-refractivity contribution in [3.05, 3.63) is 41.5 Å². The quantitative estimate of drug-likeness (QED) is 0.876. The third kappa shape index (κ3) is 3.04. The minimum absolute atomic E-state index is 0.269. The molecule has 0 aliphatic heterocycles. The van der Waals surface area contributed by atoms with E-state index in [0.29, 0.717) is 17.5 Å². The Morgan fingerprint density at radius 1 is 1.35 bits per heavy atom. The first kappa shape index (κ1) is 11.6. The van der Waals surface area contributed by atoms with E-state index in [2.05, 4.69) is 10.1 Å². The van der Waals surface area contributed by atoms with Crippen LogP contribution in [0.3, 0.4) is 0 Å². The maximum Gasteiger partial charge on any atom is 0.223 e. The summed E-state index contributed by atoms with van der Waals surface area (Å²) in [5.74, 6) is 1.74. The lowest BCUT2D eigenvalue weighted by molar-refractivity contribution is 0.199. The van der Waals surface area contributed by atoms with Gasteiger partial charge in [-0.1, -0.05) is 17.3 Å². The van der Waals surface area contributed by atoms with Crippen LogP contribution in [0.15, 0.2) is 28.8 Å². The number of nitrogens with zero attached hydrogens (tertiary/aromatic N) is 2. The normalized spacial score (nSPS) is 12.4. The zero-order chi connectivity index (χ0) is 12.3. The summed E-state index contributed by atoms with van der Waals surface area (Å²) < 4.78 is 10.3. The van der Waals surface area contributed by atoms with Crippen LogP contribution < -0.4 is 4.74 Å². The average molecular weight is 234 g/mol. The van der Waals surface area contributed by atoms with Crippen molar-refractivity contribution in [1.29, 1.82) is 0 Å². The summed E-state index contributed by atoms with van der Waals surface area (Å²) in [6.07, 6.45) is -0.469. The second-order valence-electron chi connectivity index (χ2n) is 3.76. The second-order valence-corrected chi connectivity index (χ2v) is 3.76. The Balaban J connectivity index is 1.95. The van der Waals surface area contributed by atoms with Crippen molar-refractivity contribution in [2.24, 2.45) is 0 Å². The number of aliphatic hydroxyl groups excluding tert-OH is 1. The Labute approximate surface area is 99.0 Å². The molecule has 1 N–H and O–H groups in total. The maximum absolute atomic E-state index is 9.35. The molecule has 0 bridgehead atoms. The van der Waals surface area contributed by atoms with Gasteiger partial charge in [-0.3, -0.25) is 0 Å². The van der Waals surface area contributed by atoms with Crippen molar-refractivity contribution >= 4 is 0 Å². The van der Waals surface area contributed by atoms with Crippen LogP contribution in [0.1, 0.15) is 30.3 Å². The monoisotopic (exact) mass is 234 g/mol. The zero-order valence-electron chi connectivity index (χ0n) is 9.75. The summed E-state index contributed by atoms with van der Waals surface area (Å²) in [6.45, 7) is 3.72. The average Bonchev–Trinajstić information content (AvgIpc) is 2.73. The summed E-state index contributed by atoms with van der Waals surface area (Å²) in [6, 6.07) is 7.24. The molecule has 1 aromatic carbocycles. The number of hydrogen-bond acceptors (Lipinski definition) is 5. The van der Waals surface area contributed by atoms with Gasteiger partial charge < -0.3 is 14.4 Å². The smallest absolute Gasteiger partial charge is 0.223 e. The number of aliphatic hydroxyl groups is 1. The van der Waals surface area contributed by atoms with E-state index in [4.69, 9.17) is 9.26 Å². The van der Waals surface area contributed by atoms with Crippen molar-refractivity contribution in [2.75, 3.05) is 0 Å². The van der Waals surface area contributed by atoms with Crippen molar-refractivity contribution < 1.29 is 14.4 Å². The van der Waals surface area contributed by atoms with Crippen molar-refractivity contribution in [3.63, 3.8) is 0 Å². The largest absolute Gasteiger partial charge is 0.485 e. The maximum atomic E-state index is 9.35. The highest BCUT2D eigenvalue weighted by Gasteiger charge is 2.04. The van der Waals surface area contributed by atoms with Gasteiger partial charge in [-0.25, -0.2) is 0 Å². The van der Waals surface area contributed by atoms with Gasteiger partial charge in [0.2, 0.25) is 11.7 Å². The molecule has 5 nitrogen and oxygen atoms in total. The molecule has 0 saturated heterocycles. The van der Waals surface area contributed by atoms with Crippen LogP contribution in [0.5, 0.6) is 5.75 Å². The van der Waals surface area contributed by atoms with E-state index in [1.165, 1.54) is 0 Å². The molecule has 1 heterocycles. The molecule has 0 radical (unpaired) electrons. The number of hydrogen-bond donors (Lipinski definition) is 1. The van der Waals surface area contributed by atoms with Crippen LogP contribution in [0, 0.1) is 6.92 Å². The molecule has 0 fully saturated rings. The molecule has 0 spiro atoms. The topological polar surface area (TPSA) is 68.4 Å². The van der Waals surface area contributed by atoms with Gasteiger partial charge in [0.05, 0.1) is 6.10 Å².